The molecule has 120 valence electrons. The molecule has 1 saturated carbocycles. The molecule has 21 heavy (non-hydrogen) atoms. The number of hydrogen-bond acceptors (Lipinski definition) is 3. The van der Waals surface area contributed by atoms with Gasteiger partial charge in [0.25, 0.3) is 0 Å². The SMILES string of the molecule is Cc1nn(C)c(N(CC(C)C)C2CCCC2)c1CC(C)N. The molecule has 0 aromatic carbocycles. The van der Waals surface area contributed by atoms with Crippen LogP contribution in [0.2, 0.25) is 0 Å². The van der Waals surface area contributed by atoms with E-state index in [0.29, 0.717) is 12.0 Å². The van der Waals surface area contributed by atoms with Crippen molar-refractivity contribution in [2.24, 2.45) is 18.7 Å². The van der Waals surface area contributed by atoms with E-state index < -0.39 is 0 Å². The van der Waals surface area contributed by atoms with Gasteiger partial charge in [-0.2, -0.15) is 5.10 Å². The van der Waals surface area contributed by atoms with E-state index >= 15 is 0 Å². The second-order valence-corrected chi connectivity index (χ2v) is 7.18. The lowest BCUT2D eigenvalue weighted by Crippen LogP contribution is -2.38. The summed E-state index contributed by atoms with van der Waals surface area (Å²) in [4.78, 5) is 2.62. The molecule has 0 bridgehead atoms. The summed E-state index contributed by atoms with van der Waals surface area (Å²) in [6.45, 7) is 9.91. The van der Waals surface area contributed by atoms with Crippen LogP contribution < -0.4 is 10.6 Å². The van der Waals surface area contributed by atoms with Crippen LogP contribution in [0.1, 0.15) is 57.7 Å². The molecule has 1 unspecified atom stereocenters. The second-order valence-electron chi connectivity index (χ2n) is 7.18. The Balaban J connectivity index is 2.37. The van der Waals surface area contributed by atoms with Crippen LogP contribution in [-0.2, 0) is 13.5 Å². The number of aryl methyl sites for hydroxylation is 2. The van der Waals surface area contributed by atoms with E-state index in [1.807, 2.05) is 0 Å². The number of nitrogens with two attached hydrogens (primary N) is 1. The lowest BCUT2D eigenvalue weighted by Gasteiger charge is -2.33. The van der Waals surface area contributed by atoms with E-state index in [1.54, 1.807) is 0 Å². The first-order valence-corrected chi connectivity index (χ1v) is 8.44. The molecule has 0 amide bonds. The topological polar surface area (TPSA) is 47.1 Å². The normalized spacial score (nSPS) is 17.7. The highest BCUT2D eigenvalue weighted by Crippen LogP contribution is 2.32. The minimum absolute atomic E-state index is 0.177. The Labute approximate surface area is 129 Å². The first-order chi connectivity index (χ1) is 9.90. The van der Waals surface area contributed by atoms with Crippen molar-refractivity contribution in [2.45, 2.75) is 71.9 Å². The van der Waals surface area contributed by atoms with Gasteiger partial charge in [-0.3, -0.25) is 4.68 Å². The van der Waals surface area contributed by atoms with Gasteiger partial charge >= 0.3 is 0 Å². The van der Waals surface area contributed by atoms with Gasteiger partial charge in [0.05, 0.1) is 5.69 Å². The van der Waals surface area contributed by atoms with Crippen LogP contribution in [0.4, 0.5) is 5.82 Å². The summed E-state index contributed by atoms with van der Waals surface area (Å²) in [6, 6.07) is 0.852. The summed E-state index contributed by atoms with van der Waals surface area (Å²) in [6.07, 6.45) is 6.26. The summed E-state index contributed by atoms with van der Waals surface area (Å²) >= 11 is 0. The average Bonchev–Trinajstić information content (AvgIpc) is 2.96. The van der Waals surface area contributed by atoms with E-state index in [0.717, 1.165) is 18.7 Å². The van der Waals surface area contributed by atoms with Crippen LogP contribution in [0.25, 0.3) is 0 Å². The molecule has 1 aliphatic carbocycles. The Bertz CT molecular complexity index is 456. The summed E-state index contributed by atoms with van der Waals surface area (Å²) in [5, 5.41) is 4.68. The van der Waals surface area contributed by atoms with Gasteiger partial charge < -0.3 is 10.6 Å². The molecule has 2 N–H and O–H groups in total. The van der Waals surface area contributed by atoms with Crippen molar-refractivity contribution in [2.75, 3.05) is 11.4 Å². The van der Waals surface area contributed by atoms with Gasteiger partial charge in [0.1, 0.15) is 5.82 Å². The third-order valence-corrected chi connectivity index (χ3v) is 4.44. The van der Waals surface area contributed by atoms with Crippen LogP contribution in [0.15, 0.2) is 0 Å². The van der Waals surface area contributed by atoms with Gasteiger partial charge in [0.15, 0.2) is 0 Å². The number of aromatic nitrogens is 2. The first kappa shape index (κ1) is 16.3. The molecule has 1 aliphatic rings. The highest BCUT2D eigenvalue weighted by Gasteiger charge is 2.28. The summed E-state index contributed by atoms with van der Waals surface area (Å²) in [7, 11) is 2.08. The highest BCUT2D eigenvalue weighted by molar-refractivity contribution is 5.51. The second kappa shape index (κ2) is 6.82. The van der Waals surface area contributed by atoms with Crippen LogP contribution >= 0.6 is 0 Å². The lowest BCUT2D eigenvalue weighted by atomic mass is 10.0. The molecule has 0 spiro atoms. The van der Waals surface area contributed by atoms with E-state index in [9.17, 15) is 0 Å². The van der Waals surface area contributed by atoms with Crippen molar-refractivity contribution >= 4 is 5.82 Å². The van der Waals surface area contributed by atoms with Crippen LogP contribution in [0.5, 0.6) is 0 Å². The number of anilines is 1. The van der Waals surface area contributed by atoms with E-state index in [2.05, 4.69) is 49.4 Å². The molecular formula is C17H32N4. The zero-order valence-corrected chi connectivity index (χ0v) is 14.4. The quantitative estimate of drug-likeness (QED) is 0.876. The maximum absolute atomic E-state index is 6.07. The fraction of sp³-hybridized carbons (Fsp3) is 0.824. The van der Waals surface area contributed by atoms with Gasteiger partial charge in [-0.05, 0) is 39.0 Å². The smallest absolute Gasteiger partial charge is 0.130 e. The van der Waals surface area contributed by atoms with Crippen molar-refractivity contribution in [1.82, 2.24) is 9.78 Å². The summed E-state index contributed by atoms with van der Waals surface area (Å²) in [5.41, 5.74) is 8.55. The molecule has 1 aromatic heterocycles. The fourth-order valence-electron chi connectivity index (χ4n) is 3.63. The van der Waals surface area contributed by atoms with Crippen LogP contribution in [0.3, 0.4) is 0 Å². The number of hydrogen-bond donors (Lipinski definition) is 1. The van der Waals surface area contributed by atoms with E-state index in [1.165, 1.54) is 37.1 Å². The molecule has 1 fully saturated rings. The first-order valence-electron chi connectivity index (χ1n) is 8.44. The van der Waals surface area contributed by atoms with Crippen molar-refractivity contribution in [3.63, 3.8) is 0 Å². The van der Waals surface area contributed by atoms with Crippen LogP contribution in [0, 0.1) is 12.8 Å². The van der Waals surface area contributed by atoms with Crippen molar-refractivity contribution in [3.8, 4) is 0 Å². The maximum Gasteiger partial charge on any atom is 0.130 e. The fourth-order valence-corrected chi connectivity index (χ4v) is 3.63. The Kier molecular flexibility index (Phi) is 5.31. The summed E-state index contributed by atoms with van der Waals surface area (Å²) in [5.74, 6) is 1.97. The average molecular weight is 292 g/mol. The molecule has 4 heteroatoms. The van der Waals surface area contributed by atoms with Gasteiger partial charge in [-0.15, -0.1) is 0 Å². The van der Waals surface area contributed by atoms with Gasteiger partial charge in [-0.1, -0.05) is 26.7 Å². The molecule has 4 nitrogen and oxygen atoms in total. The Morgan fingerprint density at radius 3 is 2.43 bits per heavy atom. The van der Waals surface area contributed by atoms with E-state index in [4.69, 9.17) is 5.73 Å². The minimum Gasteiger partial charge on any atom is -0.353 e. The lowest BCUT2D eigenvalue weighted by molar-refractivity contribution is 0.518. The summed E-state index contributed by atoms with van der Waals surface area (Å²) < 4.78 is 2.08. The zero-order chi connectivity index (χ0) is 15.6. The molecule has 1 atom stereocenters. The monoisotopic (exact) mass is 292 g/mol. The predicted molar refractivity (Wildman–Crippen MR) is 89.7 cm³/mol. The number of nitrogens with zero attached hydrogens (tertiary/aromatic N) is 3. The van der Waals surface area contributed by atoms with Gasteiger partial charge in [-0.25, -0.2) is 0 Å². The largest absolute Gasteiger partial charge is 0.353 e. The van der Waals surface area contributed by atoms with E-state index in [-0.39, 0.29) is 6.04 Å². The molecule has 2 rings (SSSR count). The third kappa shape index (κ3) is 3.79. The zero-order valence-electron chi connectivity index (χ0n) is 14.4. The van der Waals surface area contributed by atoms with Crippen molar-refractivity contribution < 1.29 is 0 Å². The number of rotatable bonds is 6. The highest BCUT2D eigenvalue weighted by atomic mass is 15.4. The molecule has 0 aliphatic heterocycles. The van der Waals surface area contributed by atoms with Crippen molar-refractivity contribution in [1.29, 1.82) is 0 Å². The van der Waals surface area contributed by atoms with Crippen LogP contribution in [-0.4, -0.2) is 28.4 Å². The molecule has 0 radical (unpaired) electrons. The van der Waals surface area contributed by atoms with Gasteiger partial charge in [0, 0.05) is 31.2 Å². The predicted octanol–water partition coefficient (Wildman–Crippen LogP) is 3.02. The maximum atomic E-state index is 6.07. The molecule has 1 heterocycles. The van der Waals surface area contributed by atoms with Crippen molar-refractivity contribution in [3.05, 3.63) is 11.3 Å². The third-order valence-electron chi connectivity index (χ3n) is 4.44. The molecule has 0 saturated heterocycles. The minimum atomic E-state index is 0.177. The Hall–Kier alpha value is -1.03. The molecular weight excluding hydrogens is 260 g/mol. The van der Waals surface area contributed by atoms with Gasteiger partial charge in [0.2, 0.25) is 0 Å². The Morgan fingerprint density at radius 1 is 1.29 bits per heavy atom. The Morgan fingerprint density at radius 2 is 1.90 bits per heavy atom. The molecule has 1 aromatic rings. The standard InChI is InChI=1S/C17H32N4/c1-12(2)11-21(15-8-6-7-9-15)17-16(10-13(3)18)14(4)19-20(17)5/h12-13,15H,6-11,18H2,1-5H3.